The molecule has 30 heavy (non-hydrogen) atoms. The smallest absolute Gasteiger partial charge is 0.321 e. The number of halogens is 1. The predicted molar refractivity (Wildman–Crippen MR) is 118 cm³/mol. The van der Waals surface area contributed by atoms with Crippen LogP contribution in [0, 0.1) is 5.82 Å². The number of nitrogens with zero attached hydrogens (tertiary/aromatic N) is 3. The van der Waals surface area contributed by atoms with Gasteiger partial charge in [0.1, 0.15) is 11.6 Å². The summed E-state index contributed by atoms with van der Waals surface area (Å²) in [6.07, 6.45) is 0. The molecule has 156 valence electrons. The Labute approximate surface area is 178 Å². The molecule has 1 aliphatic heterocycles. The molecule has 3 aromatic rings. The van der Waals surface area contributed by atoms with Crippen LogP contribution < -0.4 is 15.0 Å². The van der Waals surface area contributed by atoms with E-state index in [-0.39, 0.29) is 11.8 Å². The third-order valence-corrected chi connectivity index (χ3v) is 5.79. The first-order valence-corrected chi connectivity index (χ1v) is 10.8. The van der Waals surface area contributed by atoms with Crippen LogP contribution in [0.5, 0.6) is 5.75 Å². The summed E-state index contributed by atoms with van der Waals surface area (Å²) < 4.78 is 18.5. The van der Waals surface area contributed by atoms with Gasteiger partial charge in [0.2, 0.25) is 0 Å². The number of thiazole rings is 1. The molecule has 1 aliphatic rings. The maximum absolute atomic E-state index is 13.1. The first kappa shape index (κ1) is 20.2. The zero-order valence-corrected chi connectivity index (χ0v) is 17.5. The van der Waals surface area contributed by atoms with Crippen LogP contribution in [0.2, 0.25) is 0 Å². The number of aromatic nitrogens is 1. The fourth-order valence-corrected chi connectivity index (χ4v) is 4.16. The number of urea groups is 1. The van der Waals surface area contributed by atoms with Crippen molar-refractivity contribution in [2.75, 3.05) is 43.0 Å². The topological polar surface area (TPSA) is 57.7 Å². The highest BCUT2D eigenvalue weighted by atomic mass is 32.1. The average molecular weight is 427 g/mol. The van der Waals surface area contributed by atoms with Crippen molar-refractivity contribution in [2.24, 2.45) is 0 Å². The van der Waals surface area contributed by atoms with Crippen LogP contribution in [0.1, 0.15) is 6.92 Å². The Kier molecular flexibility index (Phi) is 6.13. The summed E-state index contributed by atoms with van der Waals surface area (Å²) in [4.78, 5) is 21.2. The lowest BCUT2D eigenvalue weighted by Crippen LogP contribution is -2.50. The van der Waals surface area contributed by atoms with E-state index in [9.17, 15) is 9.18 Å². The summed E-state index contributed by atoms with van der Waals surface area (Å²) in [5, 5.41) is 5.83. The quantitative estimate of drug-likeness (QED) is 0.642. The molecule has 6 nitrogen and oxygen atoms in total. The number of amides is 2. The summed E-state index contributed by atoms with van der Waals surface area (Å²) in [7, 11) is 0. The van der Waals surface area contributed by atoms with Gasteiger partial charge in [-0.25, -0.2) is 14.2 Å². The number of hydrogen-bond donors (Lipinski definition) is 1. The Hall–Kier alpha value is -3.13. The van der Waals surface area contributed by atoms with Crippen molar-refractivity contribution in [1.29, 1.82) is 0 Å². The number of nitrogens with one attached hydrogen (secondary N) is 1. The normalized spacial score (nSPS) is 13.9. The van der Waals surface area contributed by atoms with Crippen LogP contribution in [-0.4, -0.2) is 48.7 Å². The van der Waals surface area contributed by atoms with E-state index in [0.717, 1.165) is 27.8 Å². The summed E-state index contributed by atoms with van der Waals surface area (Å²) in [6, 6.07) is 13.6. The van der Waals surface area contributed by atoms with E-state index in [4.69, 9.17) is 4.74 Å². The van der Waals surface area contributed by atoms with Crippen LogP contribution in [-0.2, 0) is 0 Å². The largest absolute Gasteiger partial charge is 0.494 e. The van der Waals surface area contributed by atoms with E-state index in [2.05, 4.69) is 15.2 Å². The van der Waals surface area contributed by atoms with Gasteiger partial charge in [0, 0.05) is 42.8 Å². The van der Waals surface area contributed by atoms with Crippen molar-refractivity contribution in [2.45, 2.75) is 6.92 Å². The maximum Gasteiger partial charge on any atom is 0.321 e. The highest BCUT2D eigenvalue weighted by molar-refractivity contribution is 7.14. The molecule has 1 fully saturated rings. The Bertz CT molecular complexity index is 983. The van der Waals surface area contributed by atoms with E-state index in [0.29, 0.717) is 32.8 Å². The zero-order chi connectivity index (χ0) is 20.9. The summed E-state index contributed by atoms with van der Waals surface area (Å²) in [5.74, 6) is 0.529. The first-order valence-electron chi connectivity index (χ1n) is 9.87. The van der Waals surface area contributed by atoms with Gasteiger partial charge in [-0.2, -0.15) is 0 Å². The highest BCUT2D eigenvalue weighted by Gasteiger charge is 2.23. The Morgan fingerprint density at radius 2 is 1.80 bits per heavy atom. The van der Waals surface area contributed by atoms with Crippen molar-refractivity contribution < 1.29 is 13.9 Å². The van der Waals surface area contributed by atoms with Gasteiger partial charge in [-0.15, -0.1) is 11.3 Å². The molecule has 0 saturated carbocycles. The summed E-state index contributed by atoms with van der Waals surface area (Å²) in [6.45, 7) is 5.22. The second kappa shape index (κ2) is 9.13. The zero-order valence-electron chi connectivity index (χ0n) is 16.7. The molecule has 2 heterocycles. The molecular weight excluding hydrogens is 403 g/mol. The molecule has 0 aliphatic carbocycles. The van der Waals surface area contributed by atoms with Crippen molar-refractivity contribution in [3.05, 3.63) is 59.7 Å². The second-order valence-electron chi connectivity index (χ2n) is 6.88. The molecule has 1 N–H and O–H groups in total. The molecule has 0 unspecified atom stereocenters. The molecule has 1 saturated heterocycles. The highest BCUT2D eigenvalue weighted by Crippen LogP contribution is 2.28. The van der Waals surface area contributed by atoms with E-state index >= 15 is 0 Å². The fourth-order valence-electron chi connectivity index (χ4n) is 3.27. The molecule has 0 spiro atoms. The second-order valence-corrected chi connectivity index (χ2v) is 7.72. The molecule has 0 bridgehead atoms. The Morgan fingerprint density at radius 3 is 2.47 bits per heavy atom. The monoisotopic (exact) mass is 426 g/mol. The molecule has 8 heteroatoms. The standard InChI is InChI=1S/C22H23FN4O2S/c1-2-29-19-9-7-18(8-10-19)24-21(28)26-11-13-27(14-12-26)22-25-20(15-30-22)16-3-5-17(23)6-4-16/h3-10,15H,2,11-14H2,1H3,(H,24,28). The van der Waals surface area contributed by atoms with Crippen LogP contribution in [0.25, 0.3) is 11.3 Å². The molecule has 0 atom stereocenters. The van der Waals surface area contributed by atoms with Crippen LogP contribution in [0.4, 0.5) is 20.0 Å². The fraction of sp³-hybridized carbons (Fsp3) is 0.273. The lowest BCUT2D eigenvalue weighted by Gasteiger charge is -2.34. The third-order valence-electron chi connectivity index (χ3n) is 4.89. The van der Waals surface area contributed by atoms with Crippen molar-refractivity contribution >= 4 is 28.2 Å². The van der Waals surface area contributed by atoms with Gasteiger partial charge in [0.25, 0.3) is 0 Å². The molecule has 1 aromatic heterocycles. The average Bonchev–Trinajstić information content (AvgIpc) is 3.26. The number of piperazine rings is 1. The number of carbonyl (C=O) groups is 1. The van der Waals surface area contributed by atoms with Crippen LogP contribution >= 0.6 is 11.3 Å². The Balaban J connectivity index is 1.31. The van der Waals surface area contributed by atoms with Gasteiger partial charge in [-0.3, -0.25) is 0 Å². The number of carbonyl (C=O) groups excluding carboxylic acids is 1. The number of ether oxygens (including phenoxy) is 1. The lowest BCUT2D eigenvalue weighted by molar-refractivity contribution is 0.208. The molecular formula is C22H23FN4O2S. The van der Waals surface area contributed by atoms with Crippen molar-refractivity contribution in [1.82, 2.24) is 9.88 Å². The minimum absolute atomic E-state index is 0.107. The van der Waals surface area contributed by atoms with Gasteiger partial charge in [0.15, 0.2) is 5.13 Å². The first-order chi connectivity index (χ1) is 14.6. The molecule has 2 amide bonds. The summed E-state index contributed by atoms with van der Waals surface area (Å²) >= 11 is 1.56. The lowest BCUT2D eigenvalue weighted by atomic mass is 10.2. The molecule has 0 radical (unpaired) electrons. The van der Waals surface area contributed by atoms with Crippen molar-refractivity contribution in [3.63, 3.8) is 0 Å². The summed E-state index contributed by atoms with van der Waals surface area (Å²) in [5.41, 5.74) is 2.48. The van der Waals surface area contributed by atoms with Crippen LogP contribution in [0.3, 0.4) is 0 Å². The predicted octanol–water partition coefficient (Wildman–Crippen LogP) is 4.70. The van der Waals surface area contributed by atoms with Gasteiger partial charge >= 0.3 is 6.03 Å². The van der Waals surface area contributed by atoms with Gasteiger partial charge in [0.05, 0.1) is 12.3 Å². The molecule has 2 aromatic carbocycles. The van der Waals surface area contributed by atoms with Crippen molar-refractivity contribution in [3.8, 4) is 17.0 Å². The number of anilines is 2. The van der Waals surface area contributed by atoms with Gasteiger partial charge in [-0.1, -0.05) is 0 Å². The molecule has 4 rings (SSSR count). The SMILES string of the molecule is CCOc1ccc(NC(=O)N2CCN(c3nc(-c4ccc(F)cc4)cs3)CC2)cc1. The van der Waals surface area contributed by atoms with E-state index in [1.165, 1.54) is 12.1 Å². The van der Waals surface area contributed by atoms with Crippen LogP contribution in [0.15, 0.2) is 53.9 Å². The van der Waals surface area contributed by atoms with Gasteiger partial charge in [-0.05, 0) is 55.5 Å². The number of rotatable bonds is 5. The van der Waals surface area contributed by atoms with E-state index in [1.54, 1.807) is 28.4 Å². The maximum atomic E-state index is 13.1. The van der Waals surface area contributed by atoms with E-state index in [1.807, 2.05) is 36.6 Å². The minimum Gasteiger partial charge on any atom is -0.494 e. The van der Waals surface area contributed by atoms with Gasteiger partial charge < -0.3 is 19.9 Å². The van der Waals surface area contributed by atoms with E-state index < -0.39 is 0 Å². The number of benzene rings is 2. The Morgan fingerprint density at radius 1 is 1.10 bits per heavy atom. The number of hydrogen-bond acceptors (Lipinski definition) is 5. The third kappa shape index (κ3) is 4.71. The minimum atomic E-state index is -0.256.